The van der Waals surface area contributed by atoms with Crippen LogP contribution in [0.5, 0.6) is 5.75 Å². The highest BCUT2D eigenvalue weighted by Crippen LogP contribution is 2.30. The summed E-state index contributed by atoms with van der Waals surface area (Å²) in [7, 11) is 0. The van der Waals surface area contributed by atoms with Crippen LogP contribution in [0.3, 0.4) is 0 Å². The Bertz CT molecular complexity index is 906. The van der Waals surface area contributed by atoms with Crippen molar-refractivity contribution >= 4 is 11.6 Å². The second-order valence-corrected chi connectivity index (χ2v) is 5.68. The highest BCUT2D eigenvalue weighted by molar-refractivity contribution is 6.28. The number of ether oxygens (including phenoxy) is 1. The van der Waals surface area contributed by atoms with Gasteiger partial charge < -0.3 is 4.74 Å². The molecule has 0 saturated heterocycles. The van der Waals surface area contributed by atoms with E-state index in [0.29, 0.717) is 23.4 Å². The number of nitriles is 1. The lowest BCUT2D eigenvalue weighted by molar-refractivity contribution is 0.208. The molecule has 0 aliphatic rings. The minimum absolute atomic E-state index is 0.164. The van der Waals surface area contributed by atoms with Gasteiger partial charge >= 0.3 is 0 Å². The Morgan fingerprint density at radius 3 is 2.64 bits per heavy atom. The van der Waals surface area contributed by atoms with Crippen molar-refractivity contribution in [1.29, 1.82) is 5.26 Å². The normalized spacial score (nSPS) is 11.6. The fourth-order valence-corrected chi connectivity index (χ4v) is 2.64. The van der Waals surface area contributed by atoms with Crippen LogP contribution in [0, 0.1) is 18.3 Å². The van der Waals surface area contributed by atoms with Crippen molar-refractivity contribution in [3.63, 3.8) is 0 Å². The molecule has 1 heterocycles. The topological polar surface area (TPSA) is 58.8 Å². The molecule has 1 unspecified atom stereocenters. The fourth-order valence-electron chi connectivity index (χ4n) is 2.49. The number of hydrogen-bond donors (Lipinski definition) is 0. The molecule has 0 aliphatic heterocycles. The van der Waals surface area contributed by atoms with Crippen LogP contribution < -0.4 is 4.74 Å². The van der Waals surface area contributed by atoms with Gasteiger partial charge in [-0.1, -0.05) is 30.3 Å². The van der Waals surface area contributed by atoms with Gasteiger partial charge in [-0.25, -0.2) is 9.97 Å². The first-order valence-electron chi connectivity index (χ1n) is 7.75. The van der Waals surface area contributed by atoms with E-state index in [2.05, 4.69) is 23.0 Å². The predicted octanol–water partition coefficient (Wildman–Crippen LogP) is 5.01. The van der Waals surface area contributed by atoms with Gasteiger partial charge in [0.15, 0.2) is 0 Å². The molecule has 0 fully saturated rings. The molecule has 123 valence electrons. The first-order chi connectivity index (χ1) is 12.2. The molecule has 0 saturated carbocycles. The lowest BCUT2D eigenvalue weighted by Crippen LogP contribution is -2.07. The van der Waals surface area contributed by atoms with E-state index in [4.69, 9.17) is 16.3 Å². The standard InChI is InChI=1S/C20H15ClN3O/c1-2-18(14-6-4-3-5-7-14)25-19-9-8-15(12-16(19)13-22)17-10-11-23-20(21)24-17/h3-12,18H,1-2H2. The molecule has 25 heavy (non-hydrogen) atoms. The molecule has 2 aromatic carbocycles. The summed E-state index contributed by atoms with van der Waals surface area (Å²) in [6.07, 6.45) is 1.92. The zero-order valence-electron chi connectivity index (χ0n) is 13.4. The quantitative estimate of drug-likeness (QED) is 0.608. The SMILES string of the molecule is [CH2]CC(Oc1ccc(-c2ccnc(Cl)n2)cc1C#N)c1ccccc1. The number of benzene rings is 2. The van der Waals surface area contributed by atoms with Gasteiger partial charge in [0.25, 0.3) is 0 Å². The van der Waals surface area contributed by atoms with Gasteiger partial charge in [0, 0.05) is 11.8 Å². The third kappa shape index (κ3) is 3.96. The van der Waals surface area contributed by atoms with Crippen molar-refractivity contribution in [1.82, 2.24) is 9.97 Å². The summed E-state index contributed by atoms with van der Waals surface area (Å²) in [6.45, 7) is 3.95. The molecule has 5 heteroatoms. The first-order valence-corrected chi connectivity index (χ1v) is 8.13. The highest BCUT2D eigenvalue weighted by atomic mass is 35.5. The average molecular weight is 349 g/mol. The maximum atomic E-state index is 9.50. The Hall–Kier alpha value is -2.90. The van der Waals surface area contributed by atoms with Gasteiger partial charge in [-0.15, -0.1) is 0 Å². The lowest BCUT2D eigenvalue weighted by Gasteiger charge is -2.19. The molecule has 0 N–H and O–H groups in total. The van der Waals surface area contributed by atoms with Crippen molar-refractivity contribution in [3.8, 4) is 23.1 Å². The van der Waals surface area contributed by atoms with Crippen molar-refractivity contribution in [2.45, 2.75) is 12.5 Å². The zero-order valence-corrected chi connectivity index (χ0v) is 14.1. The smallest absolute Gasteiger partial charge is 0.222 e. The lowest BCUT2D eigenvalue weighted by atomic mass is 10.1. The Kier molecular flexibility index (Phi) is 5.27. The third-order valence-electron chi connectivity index (χ3n) is 3.72. The number of rotatable bonds is 5. The average Bonchev–Trinajstić information content (AvgIpc) is 2.66. The Morgan fingerprint density at radius 1 is 1.16 bits per heavy atom. The second-order valence-electron chi connectivity index (χ2n) is 5.34. The van der Waals surface area contributed by atoms with E-state index >= 15 is 0 Å². The Morgan fingerprint density at radius 2 is 1.96 bits per heavy atom. The molecular formula is C20H15ClN3O. The van der Waals surface area contributed by atoms with Crippen molar-refractivity contribution in [2.24, 2.45) is 0 Å². The van der Waals surface area contributed by atoms with Crippen LogP contribution in [0.2, 0.25) is 5.28 Å². The molecule has 4 nitrogen and oxygen atoms in total. The molecule has 3 rings (SSSR count). The van der Waals surface area contributed by atoms with Crippen LogP contribution >= 0.6 is 11.6 Å². The molecule has 0 amide bonds. The highest BCUT2D eigenvalue weighted by Gasteiger charge is 2.14. The van der Waals surface area contributed by atoms with Crippen molar-refractivity contribution in [2.75, 3.05) is 0 Å². The van der Waals surface area contributed by atoms with Gasteiger partial charge in [0.1, 0.15) is 17.9 Å². The van der Waals surface area contributed by atoms with Crippen molar-refractivity contribution < 1.29 is 4.74 Å². The largest absolute Gasteiger partial charge is 0.484 e. The van der Waals surface area contributed by atoms with Gasteiger partial charge in [0.2, 0.25) is 5.28 Å². The number of nitrogens with zero attached hydrogens (tertiary/aromatic N) is 3. The third-order valence-corrected chi connectivity index (χ3v) is 3.91. The van der Waals surface area contributed by atoms with Crippen LogP contribution in [0.4, 0.5) is 0 Å². The molecule has 1 aromatic heterocycles. The number of halogens is 1. The van der Waals surface area contributed by atoms with E-state index in [9.17, 15) is 5.26 Å². The molecule has 1 radical (unpaired) electrons. The zero-order chi connectivity index (χ0) is 17.6. The monoisotopic (exact) mass is 348 g/mol. The predicted molar refractivity (Wildman–Crippen MR) is 97.0 cm³/mol. The molecule has 0 spiro atoms. The van der Waals surface area contributed by atoms with Gasteiger partial charge in [0.05, 0.1) is 11.3 Å². The van der Waals surface area contributed by atoms with Crippen LogP contribution in [-0.4, -0.2) is 9.97 Å². The van der Waals surface area contributed by atoms with E-state index in [-0.39, 0.29) is 11.4 Å². The summed E-state index contributed by atoms with van der Waals surface area (Å²) in [5.41, 5.74) is 2.88. The maximum absolute atomic E-state index is 9.50. The van der Waals surface area contributed by atoms with Crippen LogP contribution in [0.15, 0.2) is 60.8 Å². The summed E-state index contributed by atoms with van der Waals surface area (Å²) in [4.78, 5) is 8.03. The summed E-state index contributed by atoms with van der Waals surface area (Å²) < 4.78 is 6.04. The van der Waals surface area contributed by atoms with Gasteiger partial charge in [-0.05, 0) is 54.8 Å². The minimum Gasteiger partial charge on any atom is -0.484 e. The van der Waals surface area contributed by atoms with Crippen LogP contribution in [0.1, 0.15) is 23.7 Å². The summed E-state index contributed by atoms with van der Waals surface area (Å²) in [5, 5.41) is 9.66. The van der Waals surface area contributed by atoms with E-state index in [1.54, 1.807) is 24.4 Å². The Balaban J connectivity index is 1.91. The minimum atomic E-state index is -0.215. The van der Waals surface area contributed by atoms with E-state index in [0.717, 1.165) is 11.1 Å². The summed E-state index contributed by atoms with van der Waals surface area (Å²) in [5.74, 6) is 0.518. The maximum Gasteiger partial charge on any atom is 0.222 e. The number of hydrogen-bond acceptors (Lipinski definition) is 4. The van der Waals surface area contributed by atoms with E-state index in [1.807, 2.05) is 36.4 Å². The van der Waals surface area contributed by atoms with E-state index in [1.165, 1.54) is 0 Å². The molecular weight excluding hydrogens is 334 g/mol. The fraction of sp³-hybridized carbons (Fsp3) is 0.100. The molecule has 0 bridgehead atoms. The summed E-state index contributed by atoms with van der Waals surface area (Å²) >= 11 is 5.84. The summed E-state index contributed by atoms with van der Waals surface area (Å²) in [6, 6.07) is 19.1. The van der Waals surface area contributed by atoms with Crippen LogP contribution in [-0.2, 0) is 0 Å². The van der Waals surface area contributed by atoms with E-state index < -0.39 is 0 Å². The number of aromatic nitrogens is 2. The molecule has 3 aromatic rings. The first kappa shape index (κ1) is 16.9. The van der Waals surface area contributed by atoms with Crippen LogP contribution in [0.25, 0.3) is 11.3 Å². The second kappa shape index (κ2) is 7.78. The molecule has 1 atom stereocenters. The molecule has 0 aliphatic carbocycles. The van der Waals surface area contributed by atoms with Gasteiger partial charge in [-0.3, -0.25) is 0 Å². The van der Waals surface area contributed by atoms with Gasteiger partial charge in [-0.2, -0.15) is 5.26 Å². The Labute approximate surface area is 151 Å². The van der Waals surface area contributed by atoms with Crippen molar-refractivity contribution in [3.05, 3.63) is 84.1 Å².